The van der Waals surface area contributed by atoms with Crippen LogP contribution in [0.15, 0.2) is 61.1 Å². The smallest absolute Gasteiger partial charge is 0.181 e. The fourth-order valence-corrected chi connectivity index (χ4v) is 3.78. The minimum Gasteiger partial charge on any atom is -0.494 e. The van der Waals surface area contributed by atoms with Gasteiger partial charge in [0.05, 0.1) is 37.5 Å². The lowest BCUT2D eigenvalue weighted by Crippen LogP contribution is -2.08. The van der Waals surface area contributed by atoms with Gasteiger partial charge in [0.15, 0.2) is 23.1 Å². The molecule has 4 rings (SSSR count). The summed E-state index contributed by atoms with van der Waals surface area (Å²) >= 11 is 5.91. The SMILES string of the molecule is COc1cc(C(=O)CCC(=O)c2ccc(OC)c(-c3ccc(F)c(Cl)c3)n2)ccc1OCc1cnc[nH]1. The van der Waals surface area contributed by atoms with E-state index < -0.39 is 5.82 Å². The number of H-pyrrole nitrogens is 1. The maximum atomic E-state index is 13.6. The first kappa shape index (κ1) is 25.8. The number of aromatic nitrogens is 3. The number of aromatic amines is 1. The molecule has 2 heterocycles. The number of ether oxygens (including phenoxy) is 3. The Hall–Kier alpha value is -4.24. The second kappa shape index (κ2) is 11.7. The van der Waals surface area contributed by atoms with Crippen molar-refractivity contribution < 1.29 is 28.2 Å². The number of halogens is 2. The quantitative estimate of drug-likeness (QED) is 0.251. The van der Waals surface area contributed by atoms with Crippen molar-refractivity contribution in [2.24, 2.45) is 0 Å². The third-order valence-corrected chi connectivity index (χ3v) is 5.85. The number of hydrogen-bond donors (Lipinski definition) is 1. The van der Waals surface area contributed by atoms with Crippen LogP contribution in [0.5, 0.6) is 17.2 Å². The number of Topliss-reactive ketones (excluding diaryl/α,β-unsaturated/α-hetero) is 2. The molecular weight excluding hydrogens is 501 g/mol. The van der Waals surface area contributed by atoms with Crippen molar-refractivity contribution in [2.45, 2.75) is 19.4 Å². The van der Waals surface area contributed by atoms with Crippen molar-refractivity contribution in [1.29, 1.82) is 0 Å². The van der Waals surface area contributed by atoms with Crippen molar-refractivity contribution in [3.8, 4) is 28.5 Å². The molecule has 2 aromatic carbocycles. The molecule has 0 fully saturated rings. The fraction of sp³-hybridized carbons (Fsp3) is 0.185. The van der Waals surface area contributed by atoms with E-state index in [1.807, 2.05) is 0 Å². The second-order valence-corrected chi connectivity index (χ2v) is 8.36. The van der Waals surface area contributed by atoms with Crippen molar-refractivity contribution >= 4 is 23.2 Å². The average Bonchev–Trinajstić information content (AvgIpc) is 3.45. The molecule has 0 radical (unpaired) electrons. The Balaban J connectivity index is 1.44. The number of methoxy groups -OCH3 is 2. The van der Waals surface area contributed by atoms with Gasteiger partial charge in [0, 0.05) is 24.0 Å². The summed E-state index contributed by atoms with van der Waals surface area (Å²) in [5, 5.41) is -0.0724. The van der Waals surface area contributed by atoms with Gasteiger partial charge >= 0.3 is 0 Å². The molecule has 10 heteroatoms. The number of carbonyl (C=O) groups excluding carboxylic acids is 2. The zero-order valence-corrected chi connectivity index (χ0v) is 20.8. The van der Waals surface area contributed by atoms with E-state index >= 15 is 0 Å². The highest BCUT2D eigenvalue weighted by Crippen LogP contribution is 2.32. The molecule has 8 nitrogen and oxygen atoms in total. The Kier molecular flexibility index (Phi) is 8.15. The summed E-state index contributed by atoms with van der Waals surface area (Å²) in [6.07, 6.45) is 3.13. The molecule has 0 unspecified atom stereocenters. The van der Waals surface area contributed by atoms with Crippen LogP contribution >= 0.6 is 11.6 Å². The van der Waals surface area contributed by atoms with Crippen molar-refractivity contribution in [3.63, 3.8) is 0 Å². The van der Waals surface area contributed by atoms with Gasteiger partial charge in [-0.1, -0.05) is 11.6 Å². The number of pyridine rings is 1. The van der Waals surface area contributed by atoms with E-state index in [2.05, 4.69) is 15.0 Å². The minimum absolute atomic E-state index is 0.0260. The number of rotatable bonds is 11. The lowest BCUT2D eigenvalue weighted by atomic mass is 10.0. The third kappa shape index (κ3) is 6.13. The first-order valence-corrected chi connectivity index (χ1v) is 11.6. The Morgan fingerprint density at radius 2 is 1.70 bits per heavy atom. The molecule has 0 spiro atoms. The molecule has 1 N–H and O–H groups in total. The second-order valence-electron chi connectivity index (χ2n) is 7.95. The Labute approximate surface area is 217 Å². The molecule has 2 aromatic heterocycles. The van der Waals surface area contributed by atoms with Crippen LogP contribution in [-0.4, -0.2) is 40.7 Å². The van der Waals surface area contributed by atoms with Gasteiger partial charge in [0.1, 0.15) is 29.6 Å². The van der Waals surface area contributed by atoms with E-state index in [1.165, 1.54) is 38.5 Å². The lowest BCUT2D eigenvalue weighted by molar-refractivity contribution is 0.0915. The number of nitrogens with one attached hydrogen (secondary N) is 1. The standard InChI is InChI=1S/C27H23ClFN3O5/c1-35-25-10-6-21(32-27(25)17-3-5-20(29)19(28)11-17)23(34)8-7-22(33)16-4-9-24(26(12-16)36-2)37-14-18-13-30-15-31-18/h3-6,9-13,15H,7-8,14H2,1-2H3,(H,30,31). The van der Waals surface area contributed by atoms with E-state index in [-0.39, 0.29) is 41.7 Å². The molecule has 0 saturated heterocycles. The van der Waals surface area contributed by atoms with Gasteiger partial charge in [-0.25, -0.2) is 14.4 Å². The van der Waals surface area contributed by atoms with Gasteiger partial charge in [-0.05, 0) is 48.5 Å². The number of imidazole rings is 1. The van der Waals surface area contributed by atoms with Crippen LogP contribution in [0.25, 0.3) is 11.3 Å². The monoisotopic (exact) mass is 523 g/mol. The number of nitrogens with zero attached hydrogens (tertiary/aromatic N) is 2. The molecule has 0 atom stereocenters. The van der Waals surface area contributed by atoms with Crippen LogP contribution in [0, 0.1) is 5.82 Å². The summed E-state index contributed by atoms with van der Waals surface area (Å²) in [5.74, 6) is 0.154. The normalized spacial score (nSPS) is 10.7. The summed E-state index contributed by atoms with van der Waals surface area (Å²) in [7, 11) is 2.95. The number of carbonyl (C=O) groups is 2. The van der Waals surface area contributed by atoms with Gasteiger partial charge in [-0.3, -0.25) is 9.59 Å². The maximum Gasteiger partial charge on any atom is 0.181 e. The Bertz CT molecular complexity index is 1430. The maximum absolute atomic E-state index is 13.6. The lowest BCUT2D eigenvalue weighted by Gasteiger charge is -2.12. The molecular formula is C27H23ClFN3O5. The predicted octanol–water partition coefficient (Wildman–Crippen LogP) is 5.71. The number of benzene rings is 2. The minimum atomic E-state index is -0.566. The summed E-state index contributed by atoms with van der Waals surface area (Å²) in [6, 6.07) is 12.1. The summed E-state index contributed by atoms with van der Waals surface area (Å²) in [4.78, 5) is 37.0. The molecule has 0 aliphatic carbocycles. The number of ketones is 2. The highest BCUT2D eigenvalue weighted by Gasteiger charge is 2.18. The van der Waals surface area contributed by atoms with Crippen molar-refractivity contribution in [2.75, 3.05) is 14.2 Å². The van der Waals surface area contributed by atoms with E-state index in [4.69, 9.17) is 25.8 Å². The topological polar surface area (TPSA) is 103 Å². The fourth-order valence-electron chi connectivity index (χ4n) is 3.60. The van der Waals surface area contributed by atoms with Crippen LogP contribution in [0.4, 0.5) is 4.39 Å². The summed E-state index contributed by atoms with van der Waals surface area (Å²) < 4.78 is 30.0. The van der Waals surface area contributed by atoms with Crippen LogP contribution in [0.1, 0.15) is 39.4 Å². The number of hydrogen-bond acceptors (Lipinski definition) is 7. The van der Waals surface area contributed by atoms with Gasteiger partial charge < -0.3 is 19.2 Å². The van der Waals surface area contributed by atoms with Gasteiger partial charge in [-0.15, -0.1) is 0 Å². The largest absolute Gasteiger partial charge is 0.494 e. The zero-order valence-electron chi connectivity index (χ0n) is 20.1. The average molecular weight is 524 g/mol. The third-order valence-electron chi connectivity index (χ3n) is 5.56. The summed E-state index contributed by atoms with van der Waals surface area (Å²) in [6.45, 7) is 0.263. The van der Waals surface area contributed by atoms with E-state index in [0.717, 1.165) is 5.69 Å². The molecule has 0 aliphatic rings. The van der Waals surface area contributed by atoms with Crippen LogP contribution in [-0.2, 0) is 6.61 Å². The highest BCUT2D eigenvalue weighted by molar-refractivity contribution is 6.31. The summed E-state index contributed by atoms with van der Waals surface area (Å²) in [5.41, 5.74) is 2.18. The Morgan fingerprint density at radius 1 is 0.946 bits per heavy atom. The van der Waals surface area contributed by atoms with Gasteiger partial charge in [-0.2, -0.15) is 0 Å². The zero-order chi connectivity index (χ0) is 26.4. The van der Waals surface area contributed by atoms with E-state index in [1.54, 1.807) is 36.8 Å². The molecule has 0 aliphatic heterocycles. The molecule has 4 aromatic rings. The molecule has 0 saturated carbocycles. The van der Waals surface area contributed by atoms with Crippen molar-refractivity contribution in [1.82, 2.24) is 15.0 Å². The van der Waals surface area contributed by atoms with Crippen LogP contribution < -0.4 is 14.2 Å². The van der Waals surface area contributed by atoms with E-state index in [9.17, 15) is 14.0 Å². The Morgan fingerprint density at radius 3 is 2.41 bits per heavy atom. The highest BCUT2D eigenvalue weighted by atomic mass is 35.5. The molecule has 190 valence electrons. The first-order valence-electron chi connectivity index (χ1n) is 11.2. The van der Waals surface area contributed by atoms with E-state index in [0.29, 0.717) is 34.1 Å². The molecule has 0 bridgehead atoms. The molecule has 37 heavy (non-hydrogen) atoms. The predicted molar refractivity (Wildman–Crippen MR) is 135 cm³/mol. The van der Waals surface area contributed by atoms with Crippen molar-refractivity contribution in [3.05, 3.63) is 88.8 Å². The van der Waals surface area contributed by atoms with Crippen LogP contribution in [0.2, 0.25) is 5.02 Å². The van der Waals surface area contributed by atoms with Crippen LogP contribution in [0.3, 0.4) is 0 Å². The van der Waals surface area contributed by atoms with Gasteiger partial charge in [0.2, 0.25) is 0 Å². The van der Waals surface area contributed by atoms with Gasteiger partial charge in [0.25, 0.3) is 0 Å². The molecule has 0 amide bonds. The first-order chi connectivity index (χ1) is 17.9.